The molecule has 0 aromatic rings. The monoisotopic (exact) mass is 462 g/mol. The van der Waals surface area contributed by atoms with Crippen LogP contribution in [0.1, 0.15) is 39.0 Å². The molecule has 15 nitrogen and oxygen atoms in total. The molecule has 4 atom stereocenters. The molecule has 0 saturated heterocycles. The molecule has 0 aliphatic carbocycles. The van der Waals surface area contributed by atoms with E-state index in [1.165, 1.54) is 6.92 Å². The van der Waals surface area contributed by atoms with Gasteiger partial charge in [-0.15, -0.1) is 0 Å². The van der Waals surface area contributed by atoms with Gasteiger partial charge in [0.05, 0.1) is 12.5 Å². The van der Waals surface area contributed by atoms with Crippen LogP contribution in [0.3, 0.4) is 0 Å². The first-order valence-electron chi connectivity index (χ1n) is 9.29. The van der Waals surface area contributed by atoms with Crippen LogP contribution in [0, 0.1) is 0 Å². The maximum atomic E-state index is 12.4. The lowest BCUT2D eigenvalue weighted by molar-refractivity contribution is -0.143. The minimum atomic E-state index is -1.53. The minimum Gasteiger partial charge on any atom is -0.481 e. The first-order chi connectivity index (χ1) is 14.7. The minimum absolute atomic E-state index is 0.405. The van der Waals surface area contributed by atoms with Gasteiger partial charge < -0.3 is 42.1 Å². The molecule has 0 aliphatic heterocycles. The number of nitrogens with two attached hydrogens (primary N) is 1. The summed E-state index contributed by atoms with van der Waals surface area (Å²) >= 11 is 0. The average Bonchev–Trinajstić information content (AvgIpc) is 2.66. The van der Waals surface area contributed by atoms with Crippen molar-refractivity contribution in [3.05, 3.63) is 0 Å². The largest absolute Gasteiger partial charge is 0.481 e. The zero-order valence-electron chi connectivity index (χ0n) is 17.1. The number of aliphatic carboxylic acids is 4. The molecule has 9 N–H and O–H groups in total. The normalized spacial score (nSPS) is 14.2. The van der Waals surface area contributed by atoms with Gasteiger partial charge >= 0.3 is 23.9 Å². The van der Waals surface area contributed by atoms with Gasteiger partial charge in [-0.1, -0.05) is 0 Å². The molecule has 3 amide bonds. The molecule has 0 aromatic carbocycles. The lowest BCUT2D eigenvalue weighted by Gasteiger charge is -2.23. The van der Waals surface area contributed by atoms with Crippen LogP contribution in [-0.4, -0.2) is 86.2 Å². The number of carboxylic acids is 4. The van der Waals surface area contributed by atoms with Gasteiger partial charge in [0.1, 0.15) is 18.1 Å². The SMILES string of the molecule is CC(NC(=O)C(CCC(=O)O)NC(=O)C(N)CC(=O)O)C(=O)NC(CCC(=O)O)C(=O)O. The second-order valence-corrected chi connectivity index (χ2v) is 6.76. The Morgan fingerprint density at radius 1 is 0.688 bits per heavy atom. The topological polar surface area (TPSA) is 263 Å². The molecule has 180 valence electrons. The molecule has 0 radical (unpaired) electrons. The summed E-state index contributed by atoms with van der Waals surface area (Å²) in [5.41, 5.74) is 5.40. The summed E-state index contributed by atoms with van der Waals surface area (Å²) in [5, 5.41) is 41.5. The lowest BCUT2D eigenvalue weighted by atomic mass is 10.1. The Labute approximate surface area is 181 Å². The van der Waals surface area contributed by atoms with Crippen molar-refractivity contribution in [3.63, 3.8) is 0 Å². The van der Waals surface area contributed by atoms with Crippen LogP contribution in [0.5, 0.6) is 0 Å². The van der Waals surface area contributed by atoms with E-state index in [1.54, 1.807) is 0 Å². The van der Waals surface area contributed by atoms with Crippen LogP contribution >= 0.6 is 0 Å². The molecule has 0 aliphatic rings. The molecule has 32 heavy (non-hydrogen) atoms. The van der Waals surface area contributed by atoms with Crippen molar-refractivity contribution in [1.82, 2.24) is 16.0 Å². The number of hydrogen-bond acceptors (Lipinski definition) is 8. The highest BCUT2D eigenvalue weighted by molar-refractivity contribution is 5.94. The smallest absolute Gasteiger partial charge is 0.326 e. The zero-order valence-corrected chi connectivity index (χ0v) is 17.1. The molecular weight excluding hydrogens is 436 g/mol. The third-order valence-corrected chi connectivity index (χ3v) is 4.02. The molecular formula is C17H26N4O11. The Morgan fingerprint density at radius 2 is 1.16 bits per heavy atom. The van der Waals surface area contributed by atoms with Crippen LogP contribution in [0.4, 0.5) is 0 Å². The number of amides is 3. The molecule has 0 saturated carbocycles. The van der Waals surface area contributed by atoms with Gasteiger partial charge in [0.15, 0.2) is 0 Å². The number of nitrogens with one attached hydrogen (secondary N) is 3. The molecule has 4 unspecified atom stereocenters. The predicted molar refractivity (Wildman–Crippen MR) is 103 cm³/mol. The van der Waals surface area contributed by atoms with Crippen LogP contribution in [0.2, 0.25) is 0 Å². The Kier molecular flexibility index (Phi) is 11.9. The van der Waals surface area contributed by atoms with E-state index in [0.29, 0.717) is 0 Å². The molecule has 0 heterocycles. The lowest BCUT2D eigenvalue weighted by Crippen LogP contribution is -2.56. The van der Waals surface area contributed by atoms with E-state index in [1.807, 2.05) is 0 Å². The van der Waals surface area contributed by atoms with Crippen molar-refractivity contribution in [2.24, 2.45) is 5.73 Å². The van der Waals surface area contributed by atoms with Crippen LogP contribution < -0.4 is 21.7 Å². The Hall–Kier alpha value is -3.75. The second kappa shape index (κ2) is 13.5. The van der Waals surface area contributed by atoms with Gasteiger partial charge in [-0.3, -0.25) is 28.8 Å². The maximum Gasteiger partial charge on any atom is 0.326 e. The van der Waals surface area contributed by atoms with Gasteiger partial charge in [-0.25, -0.2) is 4.79 Å². The third kappa shape index (κ3) is 11.4. The van der Waals surface area contributed by atoms with Gasteiger partial charge in [-0.05, 0) is 19.8 Å². The van der Waals surface area contributed by atoms with Crippen LogP contribution in [-0.2, 0) is 33.6 Å². The maximum absolute atomic E-state index is 12.4. The zero-order chi connectivity index (χ0) is 25.0. The Bertz CT molecular complexity index is 755. The molecule has 15 heteroatoms. The fourth-order valence-corrected chi connectivity index (χ4v) is 2.30. The Balaban J connectivity index is 5.14. The van der Waals surface area contributed by atoms with Crippen LogP contribution in [0.25, 0.3) is 0 Å². The van der Waals surface area contributed by atoms with E-state index < -0.39 is 97.9 Å². The quantitative estimate of drug-likeness (QED) is 0.122. The number of hydrogen-bond donors (Lipinski definition) is 8. The van der Waals surface area contributed by atoms with Crippen molar-refractivity contribution in [2.75, 3.05) is 0 Å². The third-order valence-electron chi connectivity index (χ3n) is 4.02. The highest BCUT2D eigenvalue weighted by Gasteiger charge is 2.29. The molecule has 0 rings (SSSR count). The number of carboxylic acid groups (broad SMARTS) is 4. The van der Waals surface area contributed by atoms with E-state index in [4.69, 9.17) is 26.2 Å². The van der Waals surface area contributed by atoms with E-state index >= 15 is 0 Å². The van der Waals surface area contributed by atoms with Crippen molar-refractivity contribution in [3.8, 4) is 0 Å². The van der Waals surface area contributed by atoms with E-state index in [0.717, 1.165) is 0 Å². The molecule has 0 spiro atoms. The fourth-order valence-electron chi connectivity index (χ4n) is 2.30. The fraction of sp³-hybridized carbons (Fsp3) is 0.588. The summed E-state index contributed by atoms with van der Waals surface area (Å²) in [6.07, 6.45) is -2.64. The van der Waals surface area contributed by atoms with E-state index in [9.17, 15) is 33.6 Å². The molecule has 0 bridgehead atoms. The van der Waals surface area contributed by atoms with E-state index in [2.05, 4.69) is 16.0 Å². The highest BCUT2D eigenvalue weighted by Crippen LogP contribution is 2.03. The van der Waals surface area contributed by atoms with Gasteiger partial charge in [0, 0.05) is 12.8 Å². The number of rotatable bonds is 15. The van der Waals surface area contributed by atoms with Crippen molar-refractivity contribution >= 4 is 41.6 Å². The summed E-state index contributed by atoms with van der Waals surface area (Å²) in [6.45, 7) is 1.18. The second-order valence-electron chi connectivity index (χ2n) is 6.76. The molecule has 0 fully saturated rings. The first kappa shape index (κ1) is 28.2. The summed E-state index contributed by atoms with van der Waals surface area (Å²) in [6, 6.07) is -5.87. The van der Waals surface area contributed by atoms with E-state index in [-0.39, 0.29) is 0 Å². The van der Waals surface area contributed by atoms with Gasteiger partial charge in [-0.2, -0.15) is 0 Å². The summed E-state index contributed by atoms with van der Waals surface area (Å²) in [5.74, 6) is -8.43. The standard InChI is InChI=1S/C17H26N4O11/c1-7(14(28)21-10(17(31)32)3-5-12(24)25)19-16(30)9(2-4-11(22)23)20-15(29)8(18)6-13(26)27/h7-10H,2-6,18H2,1H3,(H,19,30)(H,20,29)(H,21,28)(H,22,23)(H,24,25)(H,26,27)(H,31,32). The summed E-state index contributed by atoms with van der Waals surface area (Å²) in [7, 11) is 0. The molecule has 0 aromatic heterocycles. The summed E-state index contributed by atoms with van der Waals surface area (Å²) < 4.78 is 0. The first-order valence-corrected chi connectivity index (χ1v) is 9.29. The number of carbonyl (C=O) groups excluding carboxylic acids is 3. The van der Waals surface area contributed by atoms with Gasteiger partial charge in [0.25, 0.3) is 0 Å². The number of carbonyl (C=O) groups is 7. The predicted octanol–water partition coefficient (Wildman–Crippen LogP) is -2.92. The average molecular weight is 462 g/mol. The highest BCUT2D eigenvalue weighted by atomic mass is 16.4. The van der Waals surface area contributed by atoms with Crippen molar-refractivity contribution in [2.45, 2.75) is 63.2 Å². The van der Waals surface area contributed by atoms with Gasteiger partial charge in [0.2, 0.25) is 17.7 Å². The van der Waals surface area contributed by atoms with Crippen molar-refractivity contribution < 1.29 is 54.0 Å². The van der Waals surface area contributed by atoms with Crippen molar-refractivity contribution in [1.29, 1.82) is 0 Å². The van der Waals surface area contributed by atoms with Crippen LogP contribution in [0.15, 0.2) is 0 Å². The summed E-state index contributed by atoms with van der Waals surface area (Å²) in [4.78, 5) is 79.8. The Morgan fingerprint density at radius 3 is 1.59 bits per heavy atom.